The molecule has 16 heavy (non-hydrogen) atoms. The van der Waals surface area contributed by atoms with E-state index in [0.717, 1.165) is 4.90 Å². The molecule has 0 heterocycles. The third-order valence-electron chi connectivity index (χ3n) is 1.68. The minimum atomic E-state index is -0.388. The van der Waals surface area contributed by atoms with Crippen LogP contribution in [0.25, 0.3) is 0 Å². The third-order valence-corrected chi connectivity index (χ3v) is 3.14. The van der Waals surface area contributed by atoms with Crippen LogP contribution < -0.4 is 0 Å². The number of rotatable bonds is 5. The van der Waals surface area contributed by atoms with Gasteiger partial charge in [0.2, 0.25) is 0 Å². The molecule has 0 aliphatic heterocycles. The molecule has 86 valence electrons. The van der Waals surface area contributed by atoms with Crippen LogP contribution >= 0.6 is 23.4 Å². The average Bonchev–Trinajstić information content (AvgIpc) is 2.28. The van der Waals surface area contributed by atoms with Crippen LogP contribution in [0.1, 0.15) is 6.92 Å². The molecular formula is C12H13ClO2S. The number of carbonyl (C=O) groups is 1. The number of carbonyl (C=O) groups excluding carboxylic acids is 1. The fourth-order valence-corrected chi connectivity index (χ4v) is 2.01. The highest BCUT2D eigenvalue weighted by Gasteiger charge is 2.01. The molecule has 0 bridgehead atoms. The van der Waals surface area contributed by atoms with E-state index in [1.165, 1.54) is 6.08 Å². The molecule has 0 unspecified atom stereocenters. The quantitative estimate of drug-likeness (QED) is 0.458. The number of hydrogen-bond donors (Lipinski definition) is 0. The van der Waals surface area contributed by atoms with Gasteiger partial charge < -0.3 is 4.74 Å². The van der Waals surface area contributed by atoms with Gasteiger partial charge in [-0.05, 0) is 19.1 Å². The van der Waals surface area contributed by atoms with Crippen LogP contribution in [0, 0.1) is 0 Å². The summed E-state index contributed by atoms with van der Waals surface area (Å²) < 4.78 is 4.76. The molecule has 0 N–H and O–H groups in total. The summed E-state index contributed by atoms with van der Waals surface area (Å²) in [6.07, 6.45) is 1.32. The predicted molar refractivity (Wildman–Crippen MR) is 67.7 cm³/mol. The van der Waals surface area contributed by atoms with Crippen molar-refractivity contribution in [1.29, 1.82) is 0 Å². The Hall–Kier alpha value is -0.930. The second-order valence-corrected chi connectivity index (χ2v) is 4.48. The van der Waals surface area contributed by atoms with Crippen LogP contribution in [0.15, 0.2) is 46.3 Å². The summed E-state index contributed by atoms with van der Waals surface area (Å²) in [6, 6.07) is 9.88. The van der Waals surface area contributed by atoms with Gasteiger partial charge in [0.25, 0.3) is 0 Å². The zero-order chi connectivity index (χ0) is 11.8. The van der Waals surface area contributed by atoms with E-state index in [1.54, 1.807) is 18.7 Å². The zero-order valence-corrected chi connectivity index (χ0v) is 10.6. The molecule has 0 aliphatic carbocycles. The van der Waals surface area contributed by atoms with Gasteiger partial charge in [0.15, 0.2) is 0 Å². The Bertz CT molecular complexity index is 363. The molecule has 1 aromatic carbocycles. The van der Waals surface area contributed by atoms with Crippen molar-refractivity contribution in [2.24, 2.45) is 0 Å². The highest BCUT2D eigenvalue weighted by molar-refractivity contribution is 7.99. The summed E-state index contributed by atoms with van der Waals surface area (Å²) >= 11 is 7.48. The van der Waals surface area contributed by atoms with Crippen molar-refractivity contribution in [3.8, 4) is 0 Å². The predicted octanol–water partition coefficient (Wildman–Crippen LogP) is 3.46. The summed E-state index contributed by atoms with van der Waals surface area (Å²) in [6.45, 7) is 2.13. The summed E-state index contributed by atoms with van der Waals surface area (Å²) in [5.74, 6) is 0.186. The van der Waals surface area contributed by atoms with Gasteiger partial charge in [-0.3, -0.25) is 0 Å². The molecule has 0 aromatic heterocycles. The Morgan fingerprint density at radius 1 is 1.44 bits per heavy atom. The molecule has 0 fully saturated rings. The van der Waals surface area contributed by atoms with E-state index in [1.807, 2.05) is 30.3 Å². The van der Waals surface area contributed by atoms with Crippen molar-refractivity contribution in [2.45, 2.75) is 11.8 Å². The molecule has 4 heteroatoms. The summed E-state index contributed by atoms with van der Waals surface area (Å²) in [4.78, 5) is 12.2. The molecule has 2 nitrogen and oxygen atoms in total. The van der Waals surface area contributed by atoms with E-state index in [-0.39, 0.29) is 5.97 Å². The fraction of sp³-hybridized carbons (Fsp3) is 0.250. The minimum absolute atomic E-state index is 0.366. The highest BCUT2D eigenvalue weighted by Crippen LogP contribution is 2.21. The van der Waals surface area contributed by atoms with E-state index >= 15 is 0 Å². The maximum Gasteiger partial charge on any atom is 0.331 e. The number of halogens is 1. The van der Waals surface area contributed by atoms with Gasteiger partial charge in [0.1, 0.15) is 0 Å². The zero-order valence-electron chi connectivity index (χ0n) is 8.98. The largest absolute Gasteiger partial charge is 0.463 e. The number of esters is 1. The van der Waals surface area contributed by atoms with Crippen molar-refractivity contribution in [3.63, 3.8) is 0 Å². The molecule has 0 amide bonds. The molecule has 0 aliphatic rings. The first-order valence-electron chi connectivity index (χ1n) is 4.93. The first-order valence-corrected chi connectivity index (χ1v) is 6.29. The van der Waals surface area contributed by atoms with Crippen LogP contribution in [0.5, 0.6) is 0 Å². The molecular weight excluding hydrogens is 244 g/mol. The molecule has 0 atom stereocenters. The minimum Gasteiger partial charge on any atom is -0.463 e. The van der Waals surface area contributed by atoms with Crippen molar-refractivity contribution in [2.75, 3.05) is 12.4 Å². The monoisotopic (exact) mass is 256 g/mol. The molecule has 0 radical (unpaired) electrons. The number of ether oxygens (including phenoxy) is 1. The van der Waals surface area contributed by atoms with Gasteiger partial charge in [0.05, 0.1) is 6.61 Å². The van der Waals surface area contributed by atoms with Crippen LogP contribution in [0.3, 0.4) is 0 Å². The van der Waals surface area contributed by atoms with E-state index < -0.39 is 0 Å². The topological polar surface area (TPSA) is 26.3 Å². The van der Waals surface area contributed by atoms with Gasteiger partial charge >= 0.3 is 5.97 Å². The lowest BCUT2D eigenvalue weighted by molar-refractivity contribution is -0.137. The SMILES string of the molecule is CCOC(=O)/C=C(/Cl)CSc1ccccc1. The van der Waals surface area contributed by atoms with E-state index in [4.69, 9.17) is 16.3 Å². The van der Waals surface area contributed by atoms with Gasteiger partial charge in [-0.25, -0.2) is 4.79 Å². The number of hydrogen-bond acceptors (Lipinski definition) is 3. The lowest BCUT2D eigenvalue weighted by atomic mass is 10.4. The van der Waals surface area contributed by atoms with Gasteiger partial charge in [-0.1, -0.05) is 29.8 Å². The first-order chi connectivity index (χ1) is 7.72. The number of thioether (sulfide) groups is 1. The lowest BCUT2D eigenvalue weighted by Crippen LogP contribution is -2.00. The van der Waals surface area contributed by atoms with Crippen LogP contribution in [-0.4, -0.2) is 18.3 Å². The Labute approximate surface area is 105 Å². The van der Waals surface area contributed by atoms with Gasteiger partial charge in [0, 0.05) is 21.8 Å². The molecule has 1 rings (SSSR count). The van der Waals surface area contributed by atoms with Crippen LogP contribution in [0.4, 0.5) is 0 Å². The van der Waals surface area contributed by atoms with E-state index in [0.29, 0.717) is 17.4 Å². The van der Waals surface area contributed by atoms with Gasteiger partial charge in [-0.2, -0.15) is 0 Å². The molecule has 0 spiro atoms. The second kappa shape index (κ2) is 7.36. The third kappa shape index (κ3) is 5.24. The molecule has 0 saturated heterocycles. The standard InChI is InChI=1S/C12H13ClO2S/c1-2-15-12(14)8-10(13)9-16-11-6-4-3-5-7-11/h3-8H,2,9H2,1H3/b10-8+. The maximum atomic E-state index is 11.1. The van der Waals surface area contributed by atoms with E-state index in [9.17, 15) is 4.79 Å². The van der Waals surface area contributed by atoms with Crippen LogP contribution in [-0.2, 0) is 9.53 Å². The Balaban J connectivity index is 2.40. The second-order valence-electron chi connectivity index (χ2n) is 2.94. The summed E-state index contributed by atoms with van der Waals surface area (Å²) in [5, 5.41) is 0.493. The Morgan fingerprint density at radius 3 is 2.75 bits per heavy atom. The first kappa shape index (κ1) is 13.1. The summed E-state index contributed by atoms with van der Waals surface area (Å²) in [7, 11) is 0. The Morgan fingerprint density at radius 2 is 2.12 bits per heavy atom. The normalized spacial score (nSPS) is 11.2. The molecule has 0 saturated carbocycles. The van der Waals surface area contributed by atoms with Crippen LogP contribution in [0.2, 0.25) is 0 Å². The van der Waals surface area contributed by atoms with Crippen molar-refractivity contribution < 1.29 is 9.53 Å². The van der Waals surface area contributed by atoms with Crippen molar-refractivity contribution in [1.82, 2.24) is 0 Å². The number of benzene rings is 1. The van der Waals surface area contributed by atoms with Crippen molar-refractivity contribution >= 4 is 29.3 Å². The lowest BCUT2D eigenvalue weighted by Gasteiger charge is -2.00. The Kier molecular flexibility index (Phi) is 6.04. The smallest absolute Gasteiger partial charge is 0.331 e. The van der Waals surface area contributed by atoms with Gasteiger partial charge in [-0.15, -0.1) is 11.8 Å². The van der Waals surface area contributed by atoms with E-state index in [2.05, 4.69) is 0 Å². The molecule has 1 aromatic rings. The summed E-state index contributed by atoms with van der Waals surface area (Å²) in [5.41, 5.74) is 0. The highest BCUT2D eigenvalue weighted by atomic mass is 35.5. The fourth-order valence-electron chi connectivity index (χ4n) is 1.02. The van der Waals surface area contributed by atoms with Crippen molar-refractivity contribution in [3.05, 3.63) is 41.4 Å². The average molecular weight is 257 g/mol. The maximum absolute atomic E-state index is 11.1.